The largest absolute Gasteiger partial charge is 0.415 e. The van der Waals surface area contributed by atoms with Gasteiger partial charge in [-0.2, -0.15) is 4.31 Å². The van der Waals surface area contributed by atoms with Gasteiger partial charge >= 0.3 is 0 Å². The quantitative estimate of drug-likeness (QED) is 0.219. The van der Waals surface area contributed by atoms with E-state index >= 15 is 0 Å². The molecule has 2 rings (SSSR count). The van der Waals surface area contributed by atoms with E-state index in [2.05, 4.69) is 39.2 Å². The molecule has 0 radical (unpaired) electrons. The van der Waals surface area contributed by atoms with Gasteiger partial charge in [0.1, 0.15) is 12.3 Å². The van der Waals surface area contributed by atoms with Crippen molar-refractivity contribution in [3.8, 4) is 0 Å². The molecule has 36 heavy (non-hydrogen) atoms. The lowest BCUT2D eigenvalue weighted by molar-refractivity contribution is -0.127. The number of aldehydes is 1. The zero-order valence-corrected chi connectivity index (χ0v) is 26.3. The van der Waals surface area contributed by atoms with Gasteiger partial charge in [-0.3, -0.25) is 4.79 Å². The summed E-state index contributed by atoms with van der Waals surface area (Å²) in [5, 5.41) is 2.92. The van der Waals surface area contributed by atoms with Gasteiger partial charge < -0.3 is 14.5 Å². The van der Waals surface area contributed by atoms with Crippen LogP contribution >= 0.6 is 46.4 Å². The zero-order chi connectivity index (χ0) is 27.9. The molecular weight excluding hydrogens is 586 g/mol. The van der Waals surface area contributed by atoms with Gasteiger partial charge in [-0.15, -0.1) is 0 Å². The Labute approximate surface area is 236 Å². The van der Waals surface area contributed by atoms with E-state index in [4.69, 9.17) is 50.8 Å². The van der Waals surface area contributed by atoms with Crippen LogP contribution in [0.4, 0.5) is 0 Å². The second kappa shape index (κ2) is 13.6. The maximum absolute atomic E-state index is 13.6. The summed E-state index contributed by atoms with van der Waals surface area (Å²) < 4.78 is 33.8. The number of sulfonamides is 1. The summed E-state index contributed by atoms with van der Waals surface area (Å²) in [5.74, 6) is -0.471. The van der Waals surface area contributed by atoms with Crippen molar-refractivity contribution in [1.82, 2.24) is 9.62 Å². The summed E-state index contributed by atoms with van der Waals surface area (Å²) in [6, 6.07) is 4.54. The molecule has 1 saturated heterocycles. The molecule has 1 fully saturated rings. The van der Waals surface area contributed by atoms with Crippen LogP contribution in [0.5, 0.6) is 0 Å². The average molecular weight is 623 g/mol. The van der Waals surface area contributed by atoms with Gasteiger partial charge in [0.15, 0.2) is 12.1 Å². The normalized spacial score (nSPS) is 19.7. The lowest BCUT2D eigenvalue weighted by Gasteiger charge is -2.43. The van der Waals surface area contributed by atoms with E-state index in [0.717, 1.165) is 0 Å². The van der Waals surface area contributed by atoms with Crippen molar-refractivity contribution in [2.75, 3.05) is 13.2 Å². The number of alkyl halides is 3. The third kappa shape index (κ3) is 10.4. The van der Waals surface area contributed by atoms with Gasteiger partial charge in [-0.25, -0.2) is 8.42 Å². The fourth-order valence-corrected chi connectivity index (χ4v) is 6.32. The average Bonchev–Trinajstić information content (AvgIpc) is 2.74. The van der Waals surface area contributed by atoms with Crippen molar-refractivity contribution >= 4 is 76.9 Å². The number of carbonyl (C=O) groups excluding carboxylic acids is 2. The van der Waals surface area contributed by atoms with Crippen molar-refractivity contribution in [2.45, 2.75) is 85.9 Å². The van der Waals surface area contributed by atoms with E-state index in [9.17, 15) is 18.0 Å². The van der Waals surface area contributed by atoms with E-state index in [1.165, 1.54) is 35.5 Å². The SMILES string of the molecule is CC(C)(C)[Si](C)(C)OCC1CCCC(C(=O)NCC=O)N1S(=O)(=O)c1ccc(Cl)cc1.CC(Cl)(Cl)Cl. The van der Waals surface area contributed by atoms with Crippen LogP contribution in [0, 0.1) is 0 Å². The first-order chi connectivity index (χ1) is 16.3. The Hall–Kier alpha value is -0.393. The highest BCUT2D eigenvalue weighted by Gasteiger charge is 2.45. The van der Waals surface area contributed by atoms with E-state index < -0.39 is 40.1 Å². The molecule has 1 aliphatic rings. The molecule has 1 aromatic carbocycles. The Morgan fingerprint density at radius 2 is 1.67 bits per heavy atom. The zero-order valence-electron chi connectivity index (χ0n) is 21.5. The van der Waals surface area contributed by atoms with Crippen molar-refractivity contribution in [3.63, 3.8) is 0 Å². The molecule has 2 atom stereocenters. The van der Waals surface area contributed by atoms with Gasteiger partial charge in [0.25, 0.3) is 0 Å². The van der Waals surface area contributed by atoms with E-state index in [0.29, 0.717) is 30.6 Å². The topological polar surface area (TPSA) is 92.8 Å². The Morgan fingerprint density at radius 3 is 2.14 bits per heavy atom. The number of carbonyl (C=O) groups is 2. The standard InChI is InChI=1S/C21H33ClN2O5SSi.C2H3Cl3/c1-21(2,3)31(4,5)29-15-17-7-6-8-19(20(26)23-13-14-25)24(17)30(27,28)18-11-9-16(22)10-12-18;1-2(3,4)5/h9-12,14,17,19H,6-8,13,15H2,1-5H3,(H,23,26);1H3. The first-order valence-corrected chi connectivity index (χ1v) is 17.4. The highest BCUT2D eigenvalue weighted by atomic mass is 35.6. The molecule has 206 valence electrons. The summed E-state index contributed by atoms with van der Waals surface area (Å²) in [4.78, 5) is 23.6. The van der Waals surface area contributed by atoms with Crippen molar-refractivity contribution < 1.29 is 22.4 Å². The minimum atomic E-state index is -3.99. The number of amides is 1. The summed E-state index contributed by atoms with van der Waals surface area (Å²) in [6.07, 6.45) is 2.25. The van der Waals surface area contributed by atoms with Gasteiger partial charge in [0.05, 0.1) is 18.0 Å². The lowest BCUT2D eigenvalue weighted by Crippen LogP contribution is -2.58. The van der Waals surface area contributed by atoms with E-state index in [1.54, 1.807) is 0 Å². The number of halogens is 4. The summed E-state index contributed by atoms with van der Waals surface area (Å²) in [5.41, 5.74) is 0. The number of nitrogens with zero attached hydrogens (tertiary/aromatic N) is 1. The van der Waals surface area contributed by atoms with Crippen LogP contribution < -0.4 is 5.32 Å². The van der Waals surface area contributed by atoms with Crippen molar-refractivity contribution in [1.29, 1.82) is 0 Å². The van der Waals surface area contributed by atoms with Crippen LogP contribution in [-0.4, -0.2) is 62.3 Å². The van der Waals surface area contributed by atoms with Gasteiger partial charge in [0, 0.05) is 11.1 Å². The number of nitrogens with one attached hydrogen (secondary N) is 1. The Kier molecular flexibility index (Phi) is 12.7. The fourth-order valence-electron chi connectivity index (χ4n) is 3.33. The second-order valence-corrected chi connectivity index (χ2v) is 20.1. The van der Waals surface area contributed by atoms with Gasteiger partial charge in [-0.05, 0) is 68.6 Å². The van der Waals surface area contributed by atoms with Gasteiger partial charge in [0.2, 0.25) is 15.9 Å². The van der Waals surface area contributed by atoms with Crippen molar-refractivity contribution in [2.24, 2.45) is 0 Å². The minimum Gasteiger partial charge on any atom is -0.415 e. The Morgan fingerprint density at radius 1 is 1.14 bits per heavy atom. The van der Waals surface area contributed by atoms with Crippen LogP contribution in [0.25, 0.3) is 0 Å². The summed E-state index contributed by atoms with van der Waals surface area (Å²) >= 11 is 21.1. The number of rotatable bonds is 8. The molecule has 7 nitrogen and oxygen atoms in total. The van der Waals surface area contributed by atoms with E-state index in [-0.39, 0.29) is 23.1 Å². The predicted molar refractivity (Wildman–Crippen MR) is 150 cm³/mol. The lowest BCUT2D eigenvalue weighted by atomic mass is 9.98. The number of hydrogen-bond acceptors (Lipinski definition) is 5. The highest BCUT2D eigenvalue weighted by Crippen LogP contribution is 2.38. The molecule has 0 saturated carbocycles. The Bertz CT molecular complexity index is 974. The summed E-state index contributed by atoms with van der Waals surface area (Å²) in [7, 11) is -6.11. The van der Waals surface area contributed by atoms with Crippen LogP contribution in [-0.2, 0) is 24.0 Å². The molecular formula is C23H36Cl4N2O5SSi. The maximum atomic E-state index is 13.6. The van der Waals surface area contributed by atoms with Gasteiger partial charge in [-0.1, -0.05) is 67.2 Å². The van der Waals surface area contributed by atoms with Crippen molar-refractivity contribution in [3.05, 3.63) is 29.3 Å². The van der Waals surface area contributed by atoms with Crippen LogP contribution in [0.1, 0.15) is 47.0 Å². The third-order valence-electron chi connectivity index (χ3n) is 6.18. The molecule has 0 bridgehead atoms. The molecule has 2 unspecified atom stereocenters. The summed E-state index contributed by atoms with van der Waals surface area (Å²) in [6.45, 7) is 12.1. The van der Waals surface area contributed by atoms with E-state index in [1.807, 2.05) is 0 Å². The molecule has 0 aromatic heterocycles. The van der Waals surface area contributed by atoms with Crippen LogP contribution in [0.15, 0.2) is 29.2 Å². The minimum absolute atomic E-state index is 0.0255. The fraction of sp³-hybridized carbons (Fsp3) is 0.652. The van der Waals surface area contributed by atoms with Crippen LogP contribution in [0.2, 0.25) is 23.2 Å². The third-order valence-corrected chi connectivity index (χ3v) is 12.9. The molecule has 13 heteroatoms. The monoisotopic (exact) mass is 620 g/mol. The first kappa shape index (κ1) is 33.6. The Balaban J connectivity index is 0.00000118. The molecule has 1 aliphatic heterocycles. The molecule has 0 spiro atoms. The second-order valence-electron chi connectivity index (χ2n) is 10.2. The molecule has 1 N–H and O–H groups in total. The number of benzene rings is 1. The molecule has 0 aliphatic carbocycles. The smallest absolute Gasteiger partial charge is 0.244 e. The number of piperidine rings is 1. The van der Waals surface area contributed by atoms with Crippen LogP contribution in [0.3, 0.4) is 0 Å². The highest BCUT2D eigenvalue weighted by molar-refractivity contribution is 7.89. The molecule has 1 aromatic rings. The molecule has 1 heterocycles. The number of hydrogen-bond donors (Lipinski definition) is 1. The first-order valence-electron chi connectivity index (χ1n) is 11.5. The molecule has 1 amide bonds. The maximum Gasteiger partial charge on any atom is 0.244 e. The predicted octanol–water partition coefficient (Wildman–Crippen LogP) is 5.97.